The highest BCUT2D eigenvalue weighted by atomic mass is 32.2. The predicted octanol–water partition coefficient (Wildman–Crippen LogP) is 5.26. The van der Waals surface area contributed by atoms with Crippen LogP contribution in [0, 0.1) is 0 Å². The minimum Gasteiger partial charge on any atom is -0.366 e. The minimum atomic E-state index is -4.76. The molecule has 2 aromatic heterocycles. The van der Waals surface area contributed by atoms with E-state index >= 15 is 0 Å². The van der Waals surface area contributed by atoms with Crippen molar-refractivity contribution in [3.8, 4) is 0 Å². The summed E-state index contributed by atoms with van der Waals surface area (Å²) >= 11 is 0.912. The largest absolute Gasteiger partial charge is 0.417 e. The van der Waals surface area contributed by atoms with Crippen molar-refractivity contribution in [2.45, 2.75) is 24.2 Å². The van der Waals surface area contributed by atoms with Crippen LogP contribution in [0.4, 0.5) is 42.2 Å². The number of rotatable bonds is 7. The van der Waals surface area contributed by atoms with Crippen LogP contribution in [-0.2, 0) is 12.4 Å². The zero-order chi connectivity index (χ0) is 22.5. The molecule has 5 nitrogen and oxygen atoms in total. The Balaban J connectivity index is 2.42. The van der Waals surface area contributed by atoms with Crippen LogP contribution in [0.15, 0.2) is 29.4 Å². The van der Waals surface area contributed by atoms with Gasteiger partial charge in [0.25, 0.3) is 5.91 Å². The second-order valence-corrected chi connectivity index (χ2v) is 7.00. The fourth-order valence-corrected chi connectivity index (χ4v) is 3.04. The van der Waals surface area contributed by atoms with Crippen molar-refractivity contribution in [1.29, 1.82) is 0 Å². The number of halogens is 7. The van der Waals surface area contributed by atoms with Crippen molar-refractivity contribution < 1.29 is 35.5 Å². The lowest BCUT2D eigenvalue weighted by Crippen LogP contribution is -2.19. The van der Waals surface area contributed by atoms with Crippen molar-refractivity contribution in [3.63, 3.8) is 0 Å². The predicted molar refractivity (Wildman–Crippen MR) is 97.3 cm³/mol. The maximum Gasteiger partial charge on any atom is 0.417 e. The van der Waals surface area contributed by atoms with E-state index in [1.807, 2.05) is 0 Å². The van der Waals surface area contributed by atoms with E-state index in [2.05, 4.69) is 20.6 Å². The van der Waals surface area contributed by atoms with Crippen LogP contribution in [0.3, 0.4) is 0 Å². The molecule has 0 bridgehead atoms. The number of aromatic nitrogens is 2. The molecule has 0 saturated heterocycles. The Bertz CT molecular complexity index is 903. The highest BCUT2D eigenvalue weighted by molar-refractivity contribution is 7.99. The topological polar surface area (TPSA) is 66.9 Å². The van der Waals surface area contributed by atoms with Crippen LogP contribution in [0.2, 0.25) is 0 Å². The van der Waals surface area contributed by atoms with E-state index in [4.69, 9.17) is 0 Å². The van der Waals surface area contributed by atoms with Gasteiger partial charge in [-0.15, -0.1) is 11.8 Å². The van der Waals surface area contributed by atoms with Gasteiger partial charge in [-0.2, -0.15) is 26.3 Å². The van der Waals surface area contributed by atoms with Gasteiger partial charge in [-0.1, -0.05) is 6.92 Å². The normalized spacial score (nSPS) is 12.0. The number of nitrogens with one attached hydrogen (secondary N) is 2. The third-order valence-electron chi connectivity index (χ3n) is 3.55. The van der Waals surface area contributed by atoms with Crippen LogP contribution in [0.5, 0.6) is 0 Å². The summed E-state index contributed by atoms with van der Waals surface area (Å²) in [4.78, 5) is 19.6. The number of hydrogen-bond acceptors (Lipinski definition) is 5. The van der Waals surface area contributed by atoms with Crippen molar-refractivity contribution in [2.24, 2.45) is 0 Å². The van der Waals surface area contributed by atoms with E-state index < -0.39 is 47.4 Å². The smallest absolute Gasteiger partial charge is 0.366 e. The summed E-state index contributed by atoms with van der Waals surface area (Å²) in [6.45, 7) is 0.507. The highest BCUT2D eigenvalue weighted by Gasteiger charge is 2.33. The van der Waals surface area contributed by atoms with Crippen LogP contribution in [0.25, 0.3) is 0 Å². The average molecular weight is 456 g/mol. The molecule has 1 amide bonds. The molecule has 0 aromatic carbocycles. The summed E-state index contributed by atoms with van der Waals surface area (Å²) in [6.07, 6.45) is -8.48. The van der Waals surface area contributed by atoms with Crippen LogP contribution >= 0.6 is 11.8 Å². The first-order valence-corrected chi connectivity index (χ1v) is 9.34. The summed E-state index contributed by atoms with van der Waals surface area (Å²) in [7, 11) is 0. The molecule has 0 fully saturated rings. The van der Waals surface area contributed by atoms with Crippen molar-refractivity contribution in [1.82, 2.24) is 9.97 Å². The van der Waals surface area contributed by atoms with Crippen molar-refractivity contribution in [3.05, 3.63) is 41.3 Å². The second kappa shape index (κ2) is 9.49. The van der Waals surface area contributed by atoms with E-state index in [9.17, 15) is 35.5 Å². The Labute approximate surface area is 170 Å². The number of amides is 1. The van der Waals surface area contributed by atoms with Crippen LogP contribution in [0.1, 0.15) is 28.5 Å². The molecule has 2 aromatic rings. The Morgan fingerprint density at radius 2 is 1.63 bits per heavy atom. The standard InChI is InChI=1S/C17H15F7N4OS/c1-2-30-12-6-10(17(22,23)24)7-26-13(12)15(29)28-11-5-9(16(19,20)21)8-27-14(11)25-4-3-18/h5-8H,2-4H2,1H3,(H,25,27)(H,28,29). The first-order valence-electron chi connectivity index (χ1n) is 8.35. The van der Waals surface area contributed by atoms with Gasteiger partial charge in [0.15, 0.2) is 0 Å². The number of carbonyl (C=O) groups excluding carboxylic acids is 1. The van der Waals surface area contributed by atoms with E-state index in [1.54, 1.807) is 6.92 Å². The second-order valence-electron chi connectivity index (χ2n) is 5.69. The van der Waals surface area contributed by atoms with Gasteiger partial charge >= 0.3 is 12.4 Å². The van der Waals surface area contributed by atoms with Gasteiger partial charge in [-0.3, -0.25) is 4.79 Å². The van der Waals surface area contributed by atoms with Gasteiger partial charge in [0.1, 0.15) is 18.2 Å². The molecular formula is C17H15F7N4OS. The van der Waals surface area contributed by atoms with Crippen molar-refractivity contribution >= 4 is 29.2 Å². The lowest BCUT2D eigenvalue weighted by molar-refractivity contribution is -0.138. The van der Waals surface area contributed by atoms with Crippen LogP contribution < -0.4 is 10.6 Å². The molecule has 0 unspecified atom stereocenters. The molecule has 30 heavy (non-hydrogen) atoms. The molecule has 0 radical (unpaired) electrons. The van der Waals surface area contributed by atoms with E-state index in [-0.39, 0.29) is 17.3 Å². The van der Waals surface area contributed by atoms with Gasteiger partial charge in [0.2, 0.25) is 0 Å². The fourth-order valence-electron chi connectivity index (χ4n) is 2.24. The summed E-state index contributed by atoms with van der Waals surface area (Å²) in [5.41, 5.74) is -3.06. The molecule has 2 rings (SSSR count). The molecule has 0 saturated carbocycles. The maximum atomic E-state index is 13.0. The van der Waals surface area contributed by atoms with E-state index in [0.29, 0.717) is 24.2 Å². The van der Waals surface area contributed by atoms with E-state index in [1.165, 1.54) is 0 Å². The summed E-state index contributed by atoms with van der Waals surface area (Å²) in [6, 6.07) is 1.32. The first-order chi connectivity index (χ1) is 14.0. The van der Waals surface area contributed by atoms with Gasteiger partial charge < -0.3 is 10.6 Å². The van der Waals surface area contributed by atoms with Gasteiger partial charge in [0, 0.05) is 23.8 Å². The molecule has 2 N–H and O–H groups in total. The van der Waals surface area contributed by atoms with Crippen molar-refractivity contribution in [2.75, 3.05) is 29.6 Å². The number of carbonyl (C=O) groups is 1. The van der Waals surface area contributed by atoms with Crippen LogP contribution in [-0.4, -0.2) is 34.8 Å². The third kappa shape index (κ3) is 5.97. The average Bonchev–Trinajstić information content (AvgIpc) is 2.65. The number of thioether (sulfide) groups is 1. The lowest BCUT2D eigenvalue weighted by atomic mass is 10.2. The molecule has 13 heteroatoms. The number of hydrogen-bond donors (Lipinski definition) is 2. The molecule has 0 aliphatic heterocycles. The van der Waals surface area contributed by atoms with Gasteiger partial charge in [-0.05, 0) is 17.9 Å². The fraction of sp³-hybridized carbons (Fsp3) is 0.353. The number of pyridine rings is 2. The Kier molecular flexibility index (Phi) is 7.50. The quantitative estimate of drug-likeness (QED) is 0.440. The molecule has 2 heterocycles. The SMILES string of the molecule is CCSc1cc(C(F)(F)F)cnc1C(=O)Nc1cc(C(F)(F)F)cnc1NCCF. The van der Waals surface area contributed by atoms with Gasteiger partial charge in [-0.25, -0.2) is 14.4 Å². The maximum absolute atomic E-state index is 13.0. The third-order valence-corrected chi connectivity index (χ3v) is 4.46. The minimum absolute atomic E-state index is 0.0944. The monoisotopic (exact) mass is 456 g/mol. The number of nitrogens with zero attached hydrogens (tertiary/aromatic N) is 2. The summed E-state index contributed by atoms with van der Waals surface area (Å²) in [5, 5.41) is 4.59. The Morgan fingerprint density at radius 1 is 1.03 bits per heavy atom. The van der Waals surface area contributed by atoms with E-state index in [0.717, 1.165) is 17.8 Å². The molecule has 0 spiro atoms. The molecule has 0 atom stereocenters. The first kappa shape index (κ1) is 23.7. The number of alkyl halides is 7. The summed E-state index contributed by atoms with van der Waals surface area (Å²) < 4.78 is 90.1. The number of anilines is 2. The Morgan fingerprint density at radius 3 is 2.20 bits per heavy atom. The molecule has 0 aliphatic carbocycles. The molecule has 164 valence electrons. The highest BCUT2D eigenvalue weighted by Crippen LogP contribution is 2.35. The summed E-state index contributed by atoms with van der Waals surface area (Å²) in [5.74, 6) is -0.952. The van der Waals surface area contributed by atoms with Gasteiger partial charge in [0.05, 0.1) is 16.8 Å². The molecular weight excluding hydrogens is 441 g/mol. The zero-order valence-electron chi connectivity index (χ0n) is 15.3. The molecule has 0 aliphatic rings. The zero-order valence-corrected chi connectivity index (χ0v) is 16.1. The lowest BCUT2D eigenvalue weighted by Gasteiger charge is -2.15. The Hall–Kier alpha value is -2.57.